The van der Waals surface area contributed by atoms with Gasteiger partial charge in [-0.2, -0.15) is 0 Å². The fraction of sp³-hybridized carbons (Fsp3) is 0.120. The summed E-state index contributed by atoms with van der Waals surface area (Å²) in [4.78, 5) is 2.49. The number of rotatable bonds is 5. The van der Waals surface area contributed by atoms with E-state index in [0.717, 1.165) is 12.3 Å². The largest absolute Gasteiger partial charge is 0.497 e. The number of methoxy groups -OCH3 is 1. The van der Waals surface area contributed by atoms with Crippen LogP contribution in [0.15, 0.2) is 97.0 Å². The van der Waals surface area contributed by atoms with E-state index in [4.69, 9.17) is 4.74 Å². The molecule has 3 aromatic carbocycles. The topological polar surface area (TPSA) is 12.5 Å². The average Bonchev–Trinajstić information content (AvgIpc) is 2.75. The molecule has 0 radical (unpaired) electrons. The van der Waals surface area contributed by atoms with Crippen molar-refractivity contribution < 1.29 is 4.74 Å². The van der Waals surface area contributed by atoms with Gasteiger partial charge in [-0.3, -0.25) is 0 Å². The minimum Gasteiger partial charge on any atom is -0.497 e. The monoisotopic (exact) mass is 365 g/mol. The zero-order valence-corrected chi connectivity index (χ0v) is 16.4. The lowest BCUT2D eigenvalue weighted by atomic mass is 9.51. The fourth-order valence-electron chi connectivity index (χ4n) is 3.77. The number of hydrogen-bond donors (Lipinski definition) is 0. The van der Waals surface area contributed by atoms with Crippen molar-refractivity contribution in [3.05, 3.63) is 114 Å². The number of nitrogens with zero attached hydrogens (tertiary/aromatic N) is 1. The van der Waals surface area contributed by atoms with Crippen LogP contribution in [0.4, 0.5) is 0 Å². The van der Waals surface area contributed by atoms with E-state index in [1.807, 2.05) is 12.1 Å². The maximum Gasteiger partial charge on any atom is 0.316 e. The van der Waals surface area contributed by atoms with Crippen molar-refractivity contribution in [2.24, 2.45) is 0 Å². The van der Waals surface area contributed by atoms with Gasteiger partial charge in [0.15, 0.2) is 0 Å². The van der Waals surface area contributed by atoms with Crippen molar-refractivity contribution in [2.75, 3.05) is 7.11 Å². The Morgan fingerprint density at radius 3 is 2.29 bits per heavy atom. The van der Waals surface area contributed by atoms with Gasteiger partial charge in [-0.1, -0.05) is 84.3 Å². The molecule has 1 aliphatic rings. The summed E-state index contributed by atoms with van der Waals surface area (Å²) in [5.74, 6) is 3.18. The quantitative estimate of drug-likeness (QED) is 0.599. The van der Waals surface area contributed by atoms with Crippen LogP contribution in [0.1, 0.15) is 16.7 Å². The summed E-state index contributed by atoms with van der Waals surface area (Å²) in [6.07, 6.45) is 4.40. The van der Waals surface area contributed by atoms with Crippen molar-refractivity contribution in [3.8, 4) is 5.75 Å². The fourth-order valence-corrected chi connectivity index (χ4v) is 3.77. The SMILES string of the molecule is COc1ccc(CN2B(c3ccccc3C)C=CC=C2c2ccccc2)cc1. The van der Waals surface area contributed by atoms with Gasteiger partial charge >= 0.3 is 6.85 Å². The van der Waals surface area contributed by atoms with E-state index >= 15 is 0 Å². The maximum atomic E-state index is 5.32. The van der Waals surface area contributed by atoms with Crippen LogP contribution >= 0.6 is 0 Å². The summed E-state index contributed by atoms with van der Waals surface area (Å²) in [5.41, 5.74) is 6.39. The molecule has 4 rings (SSSR count). The smallest absolute Gasteiger partial charge is 0.316 e. The summed E-state index contributed by atoms with van der Waals surface area (Å²) < 4.78 is 5.32. The normalized spacial score (nSPS) is 13.4. The van der Waals surface area contributed by atoms with Gasteiger partial charge in [-0.15, -0.1) is 0 Å². The molecular formula is C25H24BNO. The number of allylic oxidation sites excluding steroid dienone is 2. The van der Waals surface area contributed by atoms with Crippen molar-refractivity contribution in [1.29, 1.82) is 0 Å². The highest BCUT2D eigenvalue weighted by Gasteiger charge is 2.28. The van der Waals surface area contributed by atoms with Gasteiger partial charge in [0.05, 0.1) is 7.11 Å². The van der Waals surface area contributed by atoms with Gasteiger partial charge in [-0.05, 0) is 41.7 Å². The molecule has 0 unspecified atom stereocenters. The van der Waals surface area contributed by atoms with E-state index in [1.54, 1.807) is 7.11 Å². The van der Waals surface area contributed by atoms with Crippen LogP contribution in [-0.4, -0.2) is 18.8 Å². The molecule has 2 nitrogen and oxygen atoms in total. The maximum absolute atomic E-state index is 5.32. The van der Waals surface area contributed by atoms with Crippen LogP contribution < -0.4 is 10.2 Å². The molecule has 0 atom stereocenters. The first-order valence-electron chi connectivity index (χ1n) is 9.65. The first kappa shape index (κ1) is 18.2. The van der Waals surface area contributed by atoms with Gasteiger partial charge in [0, 0.05) is 12.2 Å². The lowest BCUT2D eigenvalue weighted by Gasteiger charge is -2.35. The molecule has 0 saturated heterocycles. The van der Waals surface area contributed by atoms with Crippen molar-refractivity contribution in [3.63, 3.8) is 0 Å². The summed E-state index contributed by atoms with van der Waals surface area (Å²) in [7, 11) is 1.70. The third-order valence-corrected chi connectivity index (χ3v) is 5.28. The zero-order chi connectivity index (χ0) is 19.3. The highest BCUT2D eigenvalue weighted by Crippen LogP contribution is 2.27. The summed E-state index contributed by atoms with van der Waals surface area (Å²) in [6, 6.07) is 27.6. The van der Waals surface area contributed by atoms with Crippen molar-refractivity contribution in [1.82, 2.24) is 4.81 Å². The lowest BCUT2D eigenvalue weighted by Crippen LogP contribution is -2.47. The third kappa shape index (κ3) is 3.75. The molecular weight excluding hydrogens is 341 g/mol. The highest BCUT2D eigenvalue weighted by atomic mass is 16.5. The summed E-state index contributed by atoms with van der Waals surface area (Å²) in [5, 5.41) is 0. The van der Waals surface area contributed by atoms with Gasteiger partial charge in [0.1, 0.15) is 5.75 Å². The highest BCUT2D eigenvalue weighted by molar-refractivity contribution is 6.77. The molecule has 0 aliphatic carbocycles. The Labute approximate surface area is 167 Å². The minimum absolute atomic E-state index is 0.198. The third-order valence-electron chi connectivity index (χ3n) is 5.28. The second kappa shape index (κ2) is 8.22. The molecule has 138 valence electrons. The molecule has 0 amide bonds. The molecule has 0 N–H and O–H groups in total. The van der Waals surface area contributed by atoms with Crippen LogP contribution in [0.3, 0.4) is 0 Å². The summed E-state index contributed by atoms with van der Waals surface area (Å²) in [6.45, 7) is 3.21. The number of benzene rings is 3. The van der Waals surface area contributed by atoms with E-state index in [2.05, 4.69) is 96.6 Å². The number of ether oxygens (including phenoxy) is 1. The average molecular weight is 365 g/mol. The molecule has 3 heteroatoms. The van der Waals surface area contributed by atoms with Crippen molar-refractivity contribution in [2.45, 2.75) is 13.5 Å². The standard InChI is InChI=1S/C25H24BNO/c1-20-9-6-7-12-24(20)26-18-8-13-25(22-10-4-3-5-11-22)27(26)19-21-14-16-23(28-2)17-15-21/h3-18H,19H2,1-2H3. The Hall–Kier alpha value is -3.20. The first-order chi connectivity index (χ1) is 13.8. The number of aryl methyl sites for hydroxylation is 1. The lowest BCUT2D eigenvalue weighted by molar-refractivity contribution is 0.414. The predicted molar refractivity (Wildman–Crippen MR) is 119 cm³/mol. The zero-order valence-electron chi connectivity index (χ0n) is 16.4. The van der Waals surface area contributed by atoms with Gasteiger partial charge in [0.2, 0.25) is 0 Å². The molecule has 0 spiro atoms. The molecule has 28 heavy (non-hydrogen) atoms. The van der Waals surface area contributed by atoms with E-state index < -0.39 is 0 Å². The molecule has 1 heterocycles. The molecule has 0 bridgehead atoms. The van der Waals surface area contributed by atoms with E-state index in [1.165, 1.54) is 27.9 Å². The second-order valence-corrected chi connectivity index (χ2v) is 7.08. The molecule has 3 aromatic rings. The predicted octanol–water partition coefficient (Wildman–Crippen LogP) is 4.85. The van der Waals surface area contributed by atoms with Gasteiger partial charge in [0.25, 0.3) is 0 Å². The van der Waals surface area contributed by atoms with E-state index in [0.29, 0.717) is 0 Å². The summed E-state index contributed by atoms with van der Waals surface area (Å²) >= 11 is 0. The Morgan fingerprint density at radius 1 is 0.857 bits per heavy atom. The van der Waals surface area contributed by atoms with E-state index in [9.17, 15) is 0 Å². The first-order valence-corrected chi connectivity index (χ1v) is 9.65. The van der Waals surface area contributed by atoms with Gasteiger partial charge in [-0.25, -0.2) is 0 Å². The molecule has 0 fully saturated rings. The Balaban J connectivity index is 1.74. The Kier molecular flexibility index (Phi) is 5.34. The number of hydrogen-bond acceptors (Lipinski definition) is 2. The van der Waals surface area contributed by atoms with Crippen LogP contribution in [0.5, 0.6) is 5.75 Å². The van der Waals surface area contributed by atoms with E-state index in [-0.39, 0.29) is 6.85 Å². The Morgan fingerprint density at radius 2 is 1.57 bits per heavy atom. The van der Waals surface area contributed by atoms with Gasteiger partial charge < -0.3 is 9.55 Å². The molecule has 0 aromatic heterocycles. The van der Waals surface area contributed by atoms with Crippen molar-refractivity contribution >= 4 is 18.0 Å². The van der Waals surface area contributed by atoms with Crippen LogP contribution in [0.25, 0.3) is 5.70 Å². The van der Waals surface area contributed by atoms with Crippen LogP contribution in [0.2, 0.25) is 0 Å². The van der Waals surface area contributed by atoms with Crippen LogP contribution in [-0.2, 0) is 6.54 Å². The minimum atomic E-state index is 0.198. The van der Waals surface area contributed by atoms with Crippen LogP contribution in [0, 0.1) is 6.92 Å². The molecule has 0 saturated carbocycles. The molecule has 1 aliphatic heterocycles. The second-order valence-electron chi connectivity index (χ2n) is 7.08. The Bertz CT molecular complexity index is 993.